The summed E-state index contributed by atoms with van der Waals surface area (Å²) >= 11 is 3.31. The first kappa shape index (κ1) is 14.3. The van der Waals surface area contributed by atoms with Crippen LogP contribution in [-0.4, -0.2) is 11.1 Å². The third-order valence-corrected chi connectivity index (χ3v) is 2.95. The summed E-state index contributed by atoms with van der Waals surface area (Å²) in [6, 6.07) is 11.0. The third-order valence-electron chi connectivity index (χ3n) is 2.42. The summed E-state index contributed by atoms with van der Waals surface area (Å²) in [5, 5.41) is 8.63. The van der Waals surface area contributed by atoms with E-state index in [0.717, 1.165) is 10.5 Å². The van der Waals surface area contributed by atoms with Crippen molar-refractivity contribution < 1.29 is 19.0 Å². The number of aliphatic carboxylic acids is 1. The Labute approximate surface area is 123 Å². The van der Waals surface area contributed by atoms with Crippen LogP contribution < -0.4 is 4.74 Å². The second-order valence-electron chi connectivity index (χ2n) is 3.91. The van der Waals surface area contributed by atoms with Gasteiger partial charge >= 0.3 is 5.97 Å². The van der Waals surface area contributed by atoms with E-state index >= 15 is 0 Å². The van der Waals surface area contributed by atoms with Gasteiger partial charge in [-0.15, -0.1) is 0 Å². The molecule has 3 nitrogen and oxygen atoms in total. The lowest BCUT2D eigenvalue weighted by Gasteiger charge is -2.09. The maximum absolute atomic E-state index is 13.2. The molecule has 0 atom stereocenters. The molecular formula is C15H10BrFO3. The molecule has 0 saturated heterocycles. The van der Waals surface area contributed by atoms with E-state index in [-0.39, 0.29) is 0 Å². The molecule has 0 spiro atoms. The molecule has 0 aliphatic heterocycles. The van der Waals surface area contributed by atoms with Gasteiger partial charge < -0.3 is 9.84 Å². The molecule has 2 aromatic rings. The fraction of sp³-hybridized carbons (Fsp3) is 0. The second kappa shape index (κ2) is 6.34. The molecule has 2 aromatic carbocycles. The topological polar surface area (TPSA) is 46.5 Å². The molecule has 2 rings (SSSR count). The average Bonchev–Trinajstić information content (AvgIpc) is 2.41. The lowest BCUT2D eigenvalue weighted by molar-refractivity contribution is -0.131. The van der Waals surface area contributed by atoms with E-state index in [1.54, 1.807) is 12.1 Å². The Bertz CT molecular complexity index is 651. The Kier molecular flexibility index (Phi) is 4.53. The van der Waals surface area contributed by atoms with Crippen molar-refractivity contribution in [2.24, 2.45) is 0 Å². The molecule has 102 valence electrons. The minimum atomic E-state index is -1.11. The number of hydrogen-bond donors (Lipinski definition) is 1. The van der Waals surface area contributed by atoms with Crippen molar-refractivity contribution in [3.05, 3.63) is 64.4 Å². The van der Waals surface area contributed by atoms with E-state index in [0.29, 0.717) is 17.1 Å². The van der Waals surface area contributed by atoms with Crippen molar-refractivity contribution in [1.29, 1.82) is 0 Å². The Balaban J connectivity index is 2.30. The fourth-order valence-corrected chi connectivity index (χ4v) is 1.80. The van der Waals surface area contributed by atoms with Crippen LogP contribution in [0.2, 0.25) is 0 Å². The minimum absolute atomic E-state index is 0.357. The van der Waals surface area contributed by atoms with E-state index in [1.807, 2.05) is 12.1 Å². The SMILES string of the molecule is O=C(O)/C=C/c1cc(F)ccc1Oc1ccc(Br)cc1. The Morgan fingerprint density at radius 1 is 1.20 bits per heavy atom. The van der Waals surface area contributed by atoms with E-state index < -0.39 is 11.8 Å². The molecule has 1 N–H and O–H groups in total. The summed E-state index contributed by atoms with van der Waals surface area (Å²) < 4.78 is 19.8. The highest BCUT2D eigenvalue weighted by molar-refractivity contribution is 9.10. The van der Waals surface area contributed by atoms with E-state index in [1.165, 1.54) is 24.3 Å². The fourth-order valence-electron chi connectivity index (χ4n) is 1.53. The van der Waals surface area contributed by atoms with Crippen LogP contribution in [0.15, 0.2) is 53.0 Å². The first-order valence-electron chi connectivity index (χ1n) is 5.68. The molecular weight excluding hydrogens is 327 g/mol. The zero-order valence-corrected chi connectivity index (χ0v) is 11.8. The zero-order chi connectivity index (χ0) is 14.5. The van der Waals surface area contributed by atoms with Crippen LogP contribution in [0, 0.1) is 5.82 Å². The number of benzene rings is 2. The zero-order valence-electron chi connectivity index (χ0n) is 10.2. The molecule has 0 bridgehead atoms. The normalized spacial score (nSPS) is 10.7. The molecule has 0 aliphatic rings. The van der Waals surface area contributed by atoms with Gasteiger partial charge in [0.05, 0.1) is 0 Å². The van der Waals surface area contributed by atoms with Gasteiger partial charge in [0.1, 0.15) is 17.3 Å². The van der Waals surface area contributed by atoms with Gasteiger partial charge in [-0.3, -0.25) is 0 Å². The van der Waals surface area contributed by atoms with E-state index in [4.69, 9.17) is 9.84 Å². The van der Waals surface area contributed by atoms with Crippen molar-refractivity contribution in [2.75, 3.05) is 0 Å². The van der Waals surface area contributed by atoms with Crippen molar-refractivity contribution in [1.82, 2.24) is 0 Å². The maximum atomic E-state index is 13.2. The summed E-state index contributed by atoms with van der Waals surface area (Å²) in [4.78, 5) is 10.5. The van der Waals surface area contributed by atoms with Gasteiger partial charge in [-0.05, 0) is 48.5 Å². The lowest BCUT2D eigenvalue weighted by atomic mass is 10.2. The Hall–Kier alpha value is -2.14. The highest BCUT2D eigenvalue weighted by Crippen LogP contribution is 2.28. The van der Waals surface area contributed by atoms with Gasteiger partial charge in [0.25, 0.3) is 0 Å². The third kappa shape index (κ3) is 3.93. The number of ether oxygens (including phenoxy) is 1. The summed E-state index contributed by atoms with van der Waals surface area (Å²) in [6.07, 6.45) is 2.23. The van der Waals surface area contributed by atoms with E-state index in [9.17, 15) is 9.18 Å². The van der Waals surface area contributed by atoms with Crippen LogP contribution in [0.1, 0.15) is 5.56 Å². The quantitative estimate of drug-likeness (QED) is 0.837. The second-order valence-corrected chi connectivity index (χ2v) is 4.83. The monoisotopic (exact) mass is 336 g/mol. The number of halogens is 2. The van der Waals surface area contributed by atoms with Crippen molar-refractivity contribution in [2.45, 2.75) is 0 Å². The predicted molar refractivity (Wildman–Crippen MR) is 77.3 cm³/mol. The van der Waals surface area contributed by atoms with Crippen molar-refractivity contribution in [3.63, 3.8) is 0 Å². The van der Waals surface area contributed by atoms with Gasteiger partial charge in [0, 0.05) is 16.1 Å². The molecule has 0 fully saturated rings. The largest absolute Gasteiger partial charge is 0.478 e. The number of carboxylic acids is 1. The molecule has 0 heterocycles. The molecule has 0 aromatic heterocycles. The summed E-state index contributed by atoms with van der Waals surface area (Å²) in [5.41, 5.74) is 0.357. The first-order valence-corrected chi connectivity index (χ1v) is 6.48. The molecule has 20 heavy (non-hydrogen) atoms. The van der Waals surface area contributed by atoms with Crippen LogP contribution in [0.3, 0.4) is 0 Å². The molecule has 0 unspecified atom stereocenters. The minimum Gasteiger partial charge on any atom is -0.478 e. The van der Waals surface area contributed by atoms with Crippen LogP contribution in [0.4, 0.5) is 4.39 Å². The Morgan fingerprint density at radius 2 is 1.90 bits per heavy atom. The number of carbonyl (C=O) groups is 1. The summed E-state index contributed by atoms with van der Waals surface area (Å²) in [5.74, 6) is -0.613. The van der Waals surface area contributed by atoms with Crippen LogP contribution in [0.5, 0.6) is 11.5 Å². The standard InChI is InChI=1S/C15H10BrFO3/c16-11-2-5-13(6-3-11)20-14-7-4-12(17)9-10(14)1-8-15(18)19/h1-9H,(H,18,19)/b8-1+. The Morgan fingerprint density at radius 3 is 2.55 bits per heavy atom. The van der Waals surface area contributed by atoms with Gasteiger partial charge in [-0.25, -0.2) is 9.18 Å². The maximum Gasteiger partial charge on any atom is 0.328 e. The number of hydrogen-bond acceptors (Lipinski definition) is 2. The highest BCUT2D eigenvalue weighted by atomic mass is 79.9. The van der Waals surface area contributed by atoms with Gasteiger partial charge in [0.15, 0.2) is 0 Å². The van der Waals surface area contributed by atoms with Crippen molar-refractivity contribution in [3.8, 4) is 11.5 Å². The molecule has 0 saturated carbocycles. The van der Waals surface area contributed by atoms with Crippen LogP contribution in [0.25, 0.3) is 6.08 Å². The van der Waals surface area contributed by atoms with Crippen LogP contribution >= 0.6 is 15.9 Å². The molecule has 0 amide bonds. The van der Waals surface area contributed by atoms with E-state index in [2.05, 4.69) is 15.9 Å². The van der Waals surface area contributed by atoms with Gasteiger partial charge in [-0.1, -0.05) is 15.9 Å². The number of carboxylic acid groups (broad SMARTS) is 1. The summed E-state index contributed by atoms with van der Waals surface area (Å²) in [7, 11) is 0. The lowest BCUT2D eigenvalue weighted by Crippen LogP contribution is -1.91. The predicted octanol–water partition coefficient (Wildman–Crippen LogP) is 4.48. The average molecular weight is 337 g/mol. The number of rotatable bonds is 4. The molecule has 5 heteroatoms. The van der Waals surface area contributed by atoms with Gasteiger partial charge in [-0.2, -0.15) is 0 Å². The van der Waals surface area contributed by atoms with Gasteiger partial charge in [0.2, 0.25) is 0 Å². The summed E-state index contributed by atoms with van der Waals surface area (Å²) in [6.45, 7) is 0. The highest BCUT2D eigenvalue weighted by Gasteiger charge is 2.05. The first-order chi connectivity index (χ1) is 9.54. The van der Waals surface area contributed by atoms with Crippen molar-refractivity contribution >= 4 is 28.0 Å². The molecule has 0 aliphatic carbocycles. The smallest absolute Gasteiger partial charge is 0.328 e. The van der Waals surface area contributed by atoms with Crippen LogP contribution in [-0.2, 0) is 4.79 Å². The molecule has 0 radical (unpaired) electrons.